The molecule has 2 unspecified atom stereocenters. The van der Waals surface area contributed by atoms with E-state index in [-0.39, 0.29) is 0 Å². The fraction of sp³-hybridized carbons (Fsp3) is 0.643. The van der Waals surface area contributed by atoms with E-state index >= 15 is 0 Å². The molecule has 1 aromatic heterocycles. The summed E-state index contributed by atoms with van der Waals surface area (Å²) in [6.45, 7) is 7.15. The van der Waals surface area contributed by atoms with Crippen molar-refractivity contribution in [3.63, 3.8) is 0 Å². The second-order valence-electron chi connectivity index (χ2n) is 11.3. The average Bonchev–Trinajstić information content (AvgIpc) is 3.08. The van der Waals surface area contributed by atoms with Gasteiger partial charge >= 0.3 is 6.18 Å². The van der Waals surface area contributed by atoms with Gasteiger partial charge in [-0.2, -0.15) is 13.2 Å². The van der Waals surface area contributed by atoms with Gasteiger partial charge in [-0.1, -0.05) is 32.4 Å². The molecule has 6 heteroatoms. The van der Waals surface area contributed by atoms with Crippen molar-refractivity contribution in [2.24, 2.45) is 23.2 Å². The highest BCUT2D eigenvalue weighted by Gasteiger charge is 2.53. The van der Waals surface area contributed by atoms with Crippen LogP contribution in [0.15, 0.2) is 36.7 Å². The number of anilines is 1. The number of allylic oxidation sites excluding steroid dienone is 1. The van der Waals surface area contributed by atoms with Gasteiger partial charge < -0.3 is 10.3 Å². The molecule has 34 heavy (non-hydrogen) atoms. The second kappa shape index (κ2) is 9.25. The summed E-state index contributed by atoms with van der Waals surface area (Å²) < 4.78 is 36.1. The molecule has 1 aliphatic heterocycles. The Morgan fingerprint density at radius 2 is 1.88 bits per heavy atom. The first-order valence-electron chi connectivity index (χ1n) is 13.1. The van der Waals surface area contributed by atoms with Crippen LogP contribution in [-0.2, 0) is 6.42 Å². The molecule has 2 N–H and O–H groups in total. The molecule has 1 aromatic carbocycles. The van der Waals surface area contributed by atoms with Gasteiger partial charge in [-0.05, 0) is 85.8 Å². The van der Waals surface area contributed by atoms with E-state index in [1.54, 1.807) is 4.90 Å². The molecule has 2 aromatic rings. The number of hydrogen-bond acceptors (Lipinski definition) is 2. The summed E-state index contributed by atoms with van der Waals surface area (Å²) in [7, 11) is 0. The molecule has 0 bridgehead atoms. The Kier molecular flexibility index (Phi) is 6.47. The summed E-state index contributed by atoms with van der Waals surface area (Å²) >= 11 is 0. The topological polar surface area (TPSA) is 31.1 Å². The highest BCUT2D eigenvalue weighted by molar-refractivity contribution is 5.93. The van der Waals surface area contributed by atoms with Gasteiger partial charge in [-0.3, -0.25) is 4.90 Å². The number of halogens is 3. The average molecular weight is 474 g/mol. The molecule has 2 atom stereocenters. The van der Waals surface area contributed by atoms with Gasteiger partial charge in [0.1, 0.15) is 0 Å². The molecule has 2 heterocycles. The quantitative estimate of drug-likeness (QED) is 0.455. The molecular formula is C28H38F3N3. The fourth-order valence-corrected chi connectivity index (χ4v) is 6.52. The van der Waals surface area contributed by atoms with E-state index in [1.165, 1.54) is 66.4 Å². The molecule has 0 radical (unpaired) electrons. The van der Waals surface area contributed by atoms with Crippen LogP contribution in [0.2, 0.25) is 0 Å². The molecule has 4 fully saturated rings. The van der Waals surface area contributed by atoms with Crippen molar-refractivity contribution < 1.29 is 13.2 Å². The maximum Gasteiger partial charge on any atom is 0.401 e. The zero-order valence-corrected chi connectivity index (χ0v) is 20.3. The predicted molar refractivity (Wildman–Crippen MR) is 133 cm³/mol. The van der Waals surface area contributed by atoms with Crippen LogP contribution in [0, 0.1) is 23.2 Å². The van der Waals surface area contributed by atoms with Gasteiger partial charge in [0.25, 0.3) is 0 Å². The van der Waals surface area contributed by atoms with E-state index in [2.05, 4.69) is 48.2 Å². The van der Waals surface area contributed by atoms with Crippen molar-refractivity contribution in [1.82, 2.24) is 9.88 Å². The summed E-state index contributed by atoms with van der Waals surface area (Å²) in [5.41, 5.74) is 5.75. The molecule has 4 aliphatic rings. The largest absolute Gasteiger partial charge is 0.401 e. The van der Waals surface area contributed by atoms with E-state index in [4.69, 9.17) is 0 Å². The van der Waals surface area contributed by atoms with Crippen molar-refractivity contribution in [1.29, 1.82) is 0 Å². The van der Waals surface area contributed by atoms with Crippen LogP contribution in [0.3, 0.4) is 0 Å². The smallest absolute Gasteiger partial charge is 0.359 e. The van der Waals surface area contributed by atoms with Crippen LogP contribution in [-0.4, -0.2) is 35.7 Å². The van der Waals surface area contributed by atoms with Crippen molar-refractivity contribution in [2.75, 3.05) is 25.0 Å². The molecule has 186 valence electrons. The highest BCUT2D eigenvalue weighted by Crippen LogP contribution is 2.64. The number of hydrogen-bond donors (Lipinski definition) is 2. The third kappa shape index (κ3) is 5.32. The molecule has 1 spiro atoms. The van der Waals surface area contributed by atoms with Crippen molar-refractivity contribution in [3.05, 3.63) is 42.2 Å². The molecule has 0 amide bonds. The predicted octanol–water partition coefficient (Wildman–Crippen LogP) is 7.52. The van der Waals surface area contributed by atoms with Gasteiger partial charge in [-0.25, -0.2) is 0 Å². The Bertz CT molecular complexity index is 1000. The second-order valence-corrected chi connectivity index (χ2v) is 11.3. The molecule has 3 aliphatic carbocycles. The van der Waals surface area contributed by atoms with Crippen molar-refractivity contribution >= 4 is 16.6 Å². The van der Waals surface area contributed by atoms with Crippen LogP contribution in [0.5, 0.6) is 0 Å². The minimum absolute atomic E-state index is 0.558. The van der Waals surface area contributed by atoms with Gasteiger partial charge in [0.05, 0.1) is 12.2 Å². The lowest BCUT2D eigenvalue weighted by atomic mass is 9.70. The molecular weight excluding hydrogens is 435 g/mol. The summed E-state index contributed by atoms with van der Waals surface area (Å²) in [4.78, 5) is 4.93. The minimum atomic E-state index is -4.02. The van der Waals surface area contributed by atoms with E-state index in [0.717, 1.165) is 24.7 Å². The number of aromatic nitrogens is 1. The van der Waals surface area contributed by atoms with E-state index in [1.807, 2.05) is 0 Å². The zero-order valence-electron chi connectivity index (χ0n) is 20.3. The van der Waals surface area contributed by atoms with Crippen LogP contribution in [0.1, 0.15) is 63.9 Å². The number of fused-ring (bicyclic) bond motifs is 2. The number of likely N-dealkylation sites (tertiary alicyclic amines) is 1. The summed E-state index contributed by atoms with van der Waals surface area (Å²) in [5.74, 6) is 1.79. The molecule has 6 rings (SSSR count). The number of alkyl halides is 3. The number of aryl methyl sites for hydroxylation is 1. The van der Waals surface area contributed by atoms with Crippen LogP contribution < -0.4 is 5.32 Å². The molecule has 3 nitrogen and oxygen atoms in total. The molecule has 3 saturated carbocycles. The van der Waals surface area contributed by atoms with Gasteiger partial charge in [-0.15, -0.1) is 0 Å². The number of benzene rings is 1. The Morgan fingerprint density at radius 1 is 1.18 bits per heavy atom. The standard InChI is InChI=1S/C19H24N2.C9H14F3N/c1-3-4-14-5-6-17-16(9-14)18(12-20-17)21-13(2)15-10-19(11-15)7-8-19;10-9(11,12)6-13-4-7-2-1-3-8(7)5-13/h5-6,9,12,15,20-21H,2-4,7-8,10-11H2,1H3;7-8H,1-6H2. The van der Waals surface area contributed by atoms with Crippen LogP contribution in [0.25, 0.3) is 10.9 Å². The summed E-state index contributed by atoms with van der Waals surface area (Å²) in [6, 6.07) is 6.73. The van der Waals surface area contributed by atoms with Crippen LogP contribution >= 0.6 is 0 Å². The number of aromatic amines is 1. The lowest BCUT2D eigenvalue weighted by Gasteiger charge is -2.37. The maximum atomic E-state index is 12.0. The van der Waals surface area contributed by atoms with Gasteiger partial charge in [0.2, 0.25) is 0 Å². The van der Waals surface area contributed by atoms with Gasteiger partial charge in [0.15, 0.2) is 0 Å². The SMILES string of the molecule is C=C(Nc1c[nH]c2ccc(CCC)cc12)C1CC2(CC2)C1.FC(F)(F)CN1CC2CCCC2C1. The van der Waals surface area contributed by atoms with E-state index < -0.39 is 12.7 Å². The zero-order chi connectivity index (χ0) is 23.9. The first-order valence-corrected chi connectivity index (χ1v) is 13.1. The third-order valence-electron chi connectivity index (χ3n) is 8.59. The third-order valence-corrected chi connectivity index (χ3v) is 8.59. The van der Waals surface area contributed by atoms with E-state index in [9.17, 15) is 13.2 Å². The van der Waals surface area contributed by atoms with Crippen molar-refractivity contribution in [3.8, 4) is 0 Å². The minimum Gasteiger partial charge on any atom is -0.359 e. The first-order chi connectivity index (χ1) is 16.2. The Labute approximate surface area is 201 Å². The monoisotopic (exact) mass is 473 g/mol. The van der Waals surface area contributed by atoms with Gasteiger partial charge in [0, 0.05) is 35.9 Å². The highest BCUT2D eigenvalue weighted by atomic mass is 19.4. The number of H-pyrrole nitrogens is 1. The summed E-state index contributed by atoms with van der Waals surface area (Å²) in [6.07, 6.45) is 9.49. The number of rotatable bonds is 6. The Hall–Kier alpha value is -1.95. The fourth-order valence-electron chi connectivity index (χ4n) is 6.52. The maximum absolute atomic E-state index is 12.0. The lowest BCUT2D eigenvalue weighted by Crippen LogP contribution is -2.33. The Balaban J connectivity index is 0.000000159. The number of nitrogens with one attached hydrogen (secondary N) is 2. The molecule has 1 saturated heterocycles. The van der Waals surface area contributed by atoms with Crippen LogP contribution in [0.4, 0.5) is 18.9 Å². The van der Waals surface area contributed by atoms with Crippen molar-refractivity contribution in [2.45, 2.75) is 70.9 Å². The Morgan fingerprint density at radius 3 is 2.50 bits per heavy atom. The van der Waals surface area contributed by atoms with E-state index in [0.29, 0.717) is 30.8 Å². The lowest BCUT2D eigenvalue weighted by molar-refractivity contribution is -0.144. The number of nitrogens with zero attached hydrogens (tertiary/aromatic N) is 1. The first kappa shape index (κ1) is 23.8. The normalized spacial score (nSPS) is 25.6. The summed E-state index contributed by atoms with van der Waals surface area (Å²) in [5, 5.41) is 4.87.